The second kappa shape index (κ2) is 7.58. The Bertz CT molecular complexity index is 539. The highest BCUT2D eigenvalue weighted by Crippen LogP contribution is 2.28. The maximum Gasteiger partial charge on any atom is 0.243 e. The molecule has 21 heavy (non-hydrogen) atoms. The second-order valence-electron chi connectivity index (χ2n) is 5.36. The minimum absolute atomic E-state index is 0.0182. The van der Waals surface area contributed by atoms with Crippen LogP contribution in [-0.2, 0) is 16.4 Å². The van der Waals surface area contributed by atoms with E-state index < -0.39 is 10.0 Å². The predicted molar refractivity (Wildman–Crippen MR) is 84.1 cm³/mol. The fourth-order valence-electron chi connectivity index (χ4n) is 2.86. The van der Waals surface area contributed by atoms with E-state index in [-0.39, 0.29) is 19.2 Å². The van der Waals surface area contributed by atoms with Crippen LogP contribution in [0.4, 0.5) is 0 Å². The van der Waals surface area contributed by atoms with Gasteiger partial charge in [0.25, 0.3) is 0 Å². The molecule has 0 saturated heterocycles. The molecule has 4 nitrogen and oxygen atoms in total. The number of halogens is 1. The molecule has 0 radical (unpaired) electrons. The summed E-state index contributed by atoms with van der Waals surface area (Å²) in [6.07, 6.45) is 4.59. The van der Waals surface area contributed by atoms with Crippen molar-refractivity contribution in [1.82, 2.24) is 4.31 Å². The molecule has 1 aliphatic rings. The van der Waals surface area contributed by atoms with Crippen molar-refractivity contribution < 1.29 is 13.5 Å². The van der Waals surface area contributed by atoms with Gasteiger partial charge in [0.1, 0.15) is 0 Å². The molecule has 0 amide bonds. The van der Waals surface area contributed by atoms with Crippen LogP contribution in [0.5, 0.6) is 0 Å². The number of benzene rings is 1. The standard InChI is InChI=1S/C15H22ClNO3S/c16-10-9-13-5-7-15(8-6-13)21(19,20)17(11-12-18)14-3-1-2-4-14/h5-8,14,18H,1-4,9-12H2. The zero-order chi connectivity index (χ0) is 15.3. The number of sulfonamides is 1. The Balaban J connectivity index is 2.24. The van der Waals surface area contributed by atoms with Crippen molar-refractivity contribution in [3.8, 4) is 0 Å². The molecule has 1 aromatic carbocycles. The van der Waals surface area contributed by atoms with Crippen LogP contribution in [-0.4, -0.2) is 42.9 Å². The number of aliphatic hydroxyl groups excluding tert-OH is 1. The van der Waals surface area contributed by atoms with Gasteiger partial charge in [0.2, 0.25) is 10.0 Å². The van der Waals surface area contributed by atoms with Crippen LogP contribution in [0.1, 0.15) is 31.2 Å². The number of nitrogens with zero attached hydrogens (tertiary/aromatic N) is 1. The summed E-state index contributed by atoms with van der Waals surface area (Å²) < 4.78 is 27.0. The normalized spacial score (nSPS) is 16.7. The zero-order valence-electron chi connectivity index (χ0n) is 12.0. The molecule has 1 aromatic rings. The first-order valence-corrected chi connectivity index (χ1v) is 9.34. The van der Waals surface area contributed by atoms with E-state index in [0.29, 0.717) is 10.8 Å². The molecule has 0 spiro atoms. The number of hydrogen-bond acceptors (Lipinski definition) is 3. The maximum atomic E-state index is 12.8. The van der Waals surface area contributed by atoms with Crippen molar-refractivity contribution in [1.29, 1.82) is 0 Å². The molecule has 1 fully saturated rings. The topological polar surface area (TPSA) is 57.6 Å². The highest BCUT2D eigenvalue weighted by atomic mass is 35.5. The van der Waals surface area contributed by atoms with Gasteiger partial charge in [0.05, 0.1) is 11.5 Å². The van der Waals surface area contributed by atoms with E-state index >= 15 is 0 Å². The summed E-state index contributed by atoms with van der Waals surface area (Å²) in [5.74, 6) is 0.519. The highest BCUT2D eigenvalue weighted by Gasteiger charge is 2.32. The number of rotatable bonds is 7. The van der Waals surface area contributed by atoms with Crippen LogP contribution < -0.4 is 0 Å². The summed E-state index contributed by atoms with van der Waals surface area (Å²) in [6, 6.07) is 6.90. The predicted octanol–water partition coefficient (Wildman–Crippen LogP) is 2.39. The van der Waals surface area contributed by atoms with Gasteiger partial charge < -0.3 is 5.11 Å². The lowest BCUT2D eigenvalue weighted by atomic mass is 10.2. The fourth-order valence-corrected chi connectivity index (χ4v) is 4.76. The van der Waals surface area contributed by atoms with Gasteiger partial charge in [-0.3, -0.25) is 0 Å². The summed E-state index contributed by atoms with van der Waals surface area (Å²) in [6.45, 7) is 0.0104. The Hall–Kier alpha value is -0.620. The Morgan fingerprint density at radius 1 is 1.19 bits per heavy atom. The average Bonchev–Trinajstić information content (AvgIpc) is 2.99. The third-order valence-electron chi connectivity index (χ3n) is 3.97. The van der Waals surface area contributed by atoms with Crippen molar-refractivity contribution >= 4 is 21.6 Å². The Morgan fingerprint density at radius 2 is 1.81 bits per heavy atom. The molecule has 0 bridgehead atoms. The van der Waals surface area contributed by atoms with Gasteiger partial charge in [-0.15, -0.1) is 11.6 Å². The number of aliphatic hydroxyl groups is 1. The Labute approximate surface area is 131 Å². The minimum atomic E-state index is -3.54. The Kier molecular flexibility index (Phi) is 6.05. The van der Waals surface area contributed by atoms with Crippen molar-refractivity contribution in [2.24, 2.45) is 0 Å². The van der Waals surface area contributed by atoms with Crippen molar-refractivity contribution in [2.45, 2.75) is 43.0 Å². The molecule has 2 rings (SSSR count). The summed E-state index contributed by atoms with van der Waals surface area (Å²) in [4.78, 5) is 0.293. The van der Waals surface area contributed by atoms with Gasteiger partial charge >= 0.3 is 0 Å². The first kappa shape index (κ1) is 16.7. The quantitative estimate of drug-likeness (QED) is 0.780. The summed E-state index contributed by atoms with van der Waals surface area (Å²) >= 11 is 5.69. The molecule has 1 N–H and O–H groups in total. The fraction of sp³-hybridized carbons (Fsp3) is 0.600. The van der Waals surface area contributed by atoms with Gasteiger partial charge in [0.15, 0.2) is 0 Å². The smallest absolute Gasteiger partial charge is 0.243 e. The van der Waals surface area contributed by atoms with Gasteiger partial charge in [-0.1, -0.05) is 25.0 Å². The first-order valence-electron chi connectivity index (χ1n) is 7.37. The maximum absolute atomic E-state index is 12.8. The SMILES string of the molecule is O=S(=O)(c1ccc(CCCl)cc1)N(CCO)C1CCCC1. The molecule has 0 aliphatic heterocycles. The average molecular weight is 332 g/mol. The largest absolute Gasteiger partial charge is 0.395 e. The van der Waals surface area contributed by atoms with Crippen LogP contribution in [0.3, 0.4) is 0 Å². The van der Waals surface area contributed by atoms with Gasteiger partial charge in [-0.05, 0) is 37.0 Å². The van der Waals surface area contributed by atoms with E-state index in [4.69, 9.17) is 11.6 Å². The molecule has 1 saturated carbocycles. The third kappa shape index (κ3) is 3.97. The summed E-state index contributed by atoms with van der Waals surface area (Å²) in [5, 5.41) is 9.20. The van der Waals surface area contributed by atoms with Crippen LogP contribution in [0, 0.1) is 0 Å². The molecule has 0 aromatic heterocycles. The molecule has 0 atom stereocenters. The molecule has 0 heterocycles. The van der Waals surface area contributed by atoms with Gasteiger partial charge in [-0.2, -0.15) is 4.31 Å². The van der Waals surface area contributed by atoms with E-state index in [1.807, 2.05) is 0 Å². The third-order valence-corrected chi connectivity index (χ3v) is 6.12. The van der Waals surface area contributed by atoms with Crippen LogP contribution >= 0.6 is 11.6 Å². The summed E-state index contributed by atoms with van der Waals surface area (Å²) in [7, 11) is -3.54. The van der Waals surface area contributed by atoms with Crippen LogP contribution in [0.25, 0.3) is 0 Å². The molecule has 6 heteroatoms. The number of hydrogen-bond donors (Lipinski definition) is 1. The minimum Gasteiger partial charge on any atom is -0.395 e. The molecule has 118 valence electrons. The van der Waals surface area contributed by atoms with E-state index in [2.05, 4.69) is 0 Å². The first-order chi connectivity index (χ1) is 10.1. The zero-order valence-corrected chi connectivity index (χ0v) is 13.6. The number of alkyl halides is 1. The molecular weight excluding hydrogens is 310 g/mol. The lowest BCUT2D eigenvalue weighted by Crippen LogP contribution is -2.40. The van der Waals surface area contributed by atoms with E-state index in [1.165, 1.54) is 4.31 Å². The number of aryl methyl sites for hydroxylation is 1. The Morgan fingerprint density at radius 3 is 2.33 bits per heavy atom. The monoisotopic (exact) mass is 331 g/mol. The van der Waals surface area contributed by atoms with Crippen molar-refractivity contribution in [2.75, 3.05) is 19.0 Å². The van der Waals surface area contributed by atoms with Crippen LogP contribution in [0.2, 0.25) is 0 Å². The van der Waals surface area contributed by atoms with E-state index in [1.54, 1.807) is 24.3 Å². The lowest BCUT2D eigenvalue weighted by molar-refractivity contribution is 0.226. The lowest BCUT2D eigenvalue weighted by Gasteiger charge is -2.27. The molecular formula is C15H22ClNO3S. The highest BCUT2D eigenvalue weighted by molar-refractivity contribution is 7.89. The van der Waals surface area contributed by atoms with Crippen LogP contribution in [0.15, 0.2) is 29.2 Å². The molecule has 1 aliphatic carbocycles. The van der Waals surface area contributed by atoms with Gasteiger partial charge in [0, 0.05) is 18.5 Å². The van der Waals surface area contributed by atoms with Crippen molar-refractivity contribution in [3.05, 3.63) is 29.8 Å². The summed E-state index contributed by atoms with van der Waals surface area (Å²) in [5.41, 5.74) is 1.03. The molecule has 0 unspecified atom stereocenters. The van der Waals surface area contributed by atoms with Crippen molar-refractivity contribution in [3.63, 3.8) is 0 Å². The van der Waals surface area contributed by atoms with E-state index in [0.717, 1.165) is 37.7 Å². The van der Waals surface area contributed by atoms with Gasteiger partial charge in [-0.25, -0.2) is 8.42 Å². The second-order valence-corrected chi connectivity index (χ2v) is 7.63. The van der Waals surface area contributed by atoms with E-state index in [9.17, 15) is 13.5 Å².